The molecule has 0 radical (unpaired) electrons. The van der Waals surface area contributed by atoms with Gasteiger partial charge in [-0.05, 0) is 138 Å². The van der Waals surface area contributed by atoms with Crippen LogP contribution >= 0.6 is 50.5 Å². The Morgan fingerprint density at radius 1 is 0.394 bits per heavy atom. The molecule has 2 aliphatic heterocycles. The van der Waals surface area contributed by atoms with E-state index in [2.05, 4.69) is 157 Å². The Labute approximate surface area is 788 Å². The van der Waals surface area contributed by atoms with Gasteiger partial charge in [0.1, 0.15) is 96.9 Å². The standard InChI is InChI=1S/C79H137N31O18S4/c1-39(2)32-50(102-60(114)44-14-7-25-90-44)65(119)107-54(37-131)69(123)99-46(16-9-27-92-76(82)83)62(116)105-53(36-130)68(122)100-48(18-11-29-94-78(86)87)64(118)109-59(41(5)6)73(127)101-49(19-12-30-95-79(88)89)74(128)110-31-13-20-56(110)71(125)103-51(33-42-21-23-43(111)24-22-42)66(120)97-45(15-8-26-91-75(80)81)61(115)104-52(35-129)67(121)98-47(17-10-28-93-77(84)85)63(117)106-55(38-132)70(124)108-58(40(3)4)72(126)96-34-57(112)113/h21-24,39-41,44-56,58-59,90,111,129-132H,7-20,25-38H2,1-6H3,(H,96,126)(H,97,120)(H,98,121)(H,99,123)(H,100,122)(H,101,127)(H,102,114)(H,103,125)(H,104,115)(H,105,116)(H,106,117)(H,107,119)(H,108,124)(H,109,118)(H,112,113)(H4,80,81,91)(H4,82,83,92)(H4,84,85,93)(H4,86,87,94)(H4,88,89,95)/t44-,45-,46-,47-,48-,49-,50-,51-,52-,53-,54-,55-,56-,58-,59-/m0/s1. The number of amides is 15. The molecule has 2 saturated heterocycles. The molecule has 15 atom stereocenters. The van der Waals surface area contributed by atoms with E-state index in [9.17, 15) is 67.4 Å². The maximum absolute atomic E-state index is 15.3. The molecule has 0 aliphatic carbocycles. The van der Waals surface area contributed by atoms with Gasteiger partial charge in [0.25, 0.3) is 0 Å². The third kappa shape index (κ3) is 42.6. The summed E-state index contributed by atoms with van der Waals surface area (Å²) in [6, 6.07) is -15.2. The molecule has 0 unspecified atom stereocenters. The minimum Gasteiger partial charge on any atom is -0.508 e. The van der Waals surface area contributed by atoms with Gasteiger partial charge in [0, 0.05) is 68.7 Å². The number of phenols is 1. The van der Waals surface area contributed by atoms with E-state index >= 15 is 14.4 Å². The Balaban J connectivity index is 2.01. The predicted octanol–water partition coefficient (Wildman–Crippen LogP) is -8.43. The summed E-state index contributed by atoms with van der Waals surface area (Å²) in [7, 11) is 0. The number of rotatable bonds is 60. The summed E-state index contributed by atoms with van der Waals surface area (Å²) in [5.74, 6) is -19.6. The van der Waals surface area contributed by atoms with E-state index in [0.717, 1.165) is 6.42 Å². The number of nitrogens with one attached hydrogen (secondary N) is 25. The van der Waals surface area contributed by atoms with E-state index in [1.807, 2.05) is 13.8 Å². The molecule has 15 amide bonds. The predicted molar refractivity (Wildman–Crippen MR) is 504 cm³/mol. The van der Waals surface area contributed by atoms with Crippen molar-refractivity contribution in [3.05, 3.63) is 29.8 Å². The van der Waals surface area contributed by atoms with Crippen molar-refractivity contribution in [1.29, 1.82) is 27.0 Å². The molecule has 2 fully saturated rings. The van der Waals surface area contributed by atoms with Gasteiger partial charge in [0.05, 0.1) is 6.04 Å². The van der Waals surface area contributed by atoms with Crippen LogP contribution in [0.2, 0.25) is 0 Å². The van der Waals surface area contributed by atoms with E-state index in [4.69, 9.17) is 60.8 Å². The SMILES string of the molecule is CC(C)C[C@H](NC(=O)[C@@H]1CCCN1)C(=O)N[C@@H](CS)C(=O)N[C@@H](CCCNC(=N)N)C(=O)N[C@@H](CS)C(=O)N[C@@H](CCCNC(=N)N)C(=O)N[C@H](C(=O)N[C@@H](CCCNC(=N)N)C(=O)N1CCC[C@H]1C(=O)N[C@@H](Cc1ccc(O)cc1)C(=O)N[C@@H](CCCNC(=N)N)C(=O)N[C@@H](CS)C(=O)N[C@@H](CCCNC(=N)N)C(=O)N[C@@H](CS)C(=O)N[C@H](C(=O)NCC(=O)O)C(C)C)C(C)C. The largest absolute Gasteiger partial charge is 0.508 e. The number of guanidine groups is 5. The minimum absolute atomic E-state index is 0.000860. The quantitative estimate of drug-likeness (QED) is 0.0125. The van der Waals surface area contributed by atoms with Crippen LogP contribution in [0.25, 0.3) is 0 Å². The van der Waals surface area contributed by atoms with Crippen molar-refractivity contribution in [3.63, 3.8) is 0 Å². The molecule has 37 N–H and O–H groups in total. The number of benzene rings is 1. The van der Waals surface area contributed by atoms with Crippen LogP contribution in [-0.4, -0.2) is 305 Å². The van der Waals surface area contributed by atoms with E-state index in [1.165, 1.54) is 29.2 Å². The van der Waals surface area contributed by atoms with Crippen molar-refractivity contribution < 1.29 is 86.9 Å². The van der Waals surface area contributed by atoms with Gasteiger partial charge in [-0.2, -0.15) is 50.5 Å². The number of carbonyl (C=O) groups excluding carboxylic acids is 15. The third-order valence-corrected chi connectivity index (χ3v) is 22.3. The average molecular weight is 1940 g/mol. The number of nitrogens with zero attached hydrogens (tertiary/aromatic N) is 1. The highest BCUT2D eigenvalue weighted by atomic mass is 32.1. The van der Waals surface area contributed by atoms with Gasteiger partial charge in [-0.15, -0.1) is 0 Å². The number of hydrogen-bond donors (Lipinski definition) is 36. The number of nitrogens with two attached hydrogens (primary N) is 5. The molecule has 132 heavy (non-hydrogen) atoms. The zero-order valence-electron chi connectivity index (χ0n) is 75.0. The molecule has 0 bridgehead atoms. The fraction of sp³-hybridized carbons (Fsp3) is 0.658. The summed E-state index contributed by atoms with van der Waals surface area (Å²) < 4.78 is 0. The molecule has 0 aromatic heterocycles. The maximum Gasteiger partial charge on any atom is 0.322 e. The molecule has 3 rings (SSSR count). The number of carboxylic acid groups (broad SMARTS) is 1. The maximum atomic E-state index is 15.3. The molecule has 49 nitrogen and oxygen atoms in total. The molecule has 1 aromatic carbocycles. The van der Waals surface area contributed by atoms with Gasteiger partial charge >= 0.3 is 5.97 Å². The molecule has 0 spiro atoms. The van der Waals surface area contributed by atoms with Gasteiger partial charge < -0.3 is 150 Å². The fourth-order valence-electron chi connectivity index (χ4n) is 13.8. The van der Waals surface area contributed by atoms with Crippen LogP contribution in [0.3, 0.4) is 0 Å². The number of likely N-dealkylation sites (tertiary alicyclic amines) is 1. The second-order valence-electron chi connectivity index (χ2n) is 32.7. The smallest absolute Gasteiger partial charge is 0.322 e. The number of aliphatic carboxylic acids is 1. The number of thiol groups is 4. The van der Waals surface area contributed by atoms with Crippen LogP contribution < -0.4 is 135 Å². The summed E-state index contributed by atoms with van der Waals surface area (Å²) in [6.45, 7) is 9.81. The first kappa shape index (κ1) is 114. The lowest BCUT2D eigenvalue weighted by Crippen LogP contribution is -2.62. The van der Waals surface area contributed by atoms with Crippen LogP contribution in [0, 0.1) is 44.8 Å². The van der Waals surface area contributed by atoms with Gasteiger partial charge in [-0.3, -0.25) is 104 Å². The number of carbonyl (C=O) groups is 16. The molecule has 2 heterocycles. The fourth-order valence-corrected chi connectivity index (χ4v) is 14.8. The number of carboxylic acids is 1. The summed E-state index contributed by atoms with van der Waals surface area (Å²) in [6.07, 6.45) is 0.776. The van der Waals surface area contributed by atoms with Crippen molar-refractivity contribution in [2.45, 2.75) is 235 Å². The Morgan fingerprint density at radius 2 is 0.712 bits per heavy atom. The number of phenolic OH excluding ortho intramolecular Hbond substituents is 1. The Hall–Kier alpha value is -11.7. The monoisotopic (exact) mass is 1940 g/mol. The van der Waals surface area contributed by atoms with E-state index in [-0.39, 0.29) is 164 Å². The van der Waals surface area contributed by atoms with Crippen molar-refractivity contribution in [2.24, 2.45) is 46.4 Å². The molecule has 1 aromatic rings. The minimum atomic E-state index is -1.61. The lowest BCUT2D eigenvalue weighted by atomic mass is 10.0. The summed E-state index contributed by atoms with van der Waals surface area (Å²) >= 11 is 17.2. The van der Waals surface area contributed by atoms with Crippen LogP contribution in [0.4, 0.5) is 0 Å². The first-order chi connectivity index (χ1) is 62.3. The van der Waals surface area contributed by atoms with Gasteiger partial charge in [0.2, 0.25) is 88.6 Å². The van der Waals surface area contributed by atoms with Crippen molar-refractivity contribution >= 4 is 175 Å². The van der Waals surface area contributed by atoms with Crippen molar-refractivity contribution in [3.8, 4) is 5.75 Å². The van der Waals surface area contributed by atoms with Gasteiger partial charge in [-0.25, -0.2) is 0 Å². The molecule has 2 aliphatic rings. The van der Waals surface area contributed by atoms with Gasteiger partial charge in [-0.1, -0.05) is 53.7 Å². The lowest BCUT2D eigenvalue weighted by molar-refractivity contribution is -0.143. The highest BCUT2D eigenvalue weighted by Crippen LogP contribution is 2.23. The first-order valence-corrected chi connectivity index (χ1v) is 46.0. The highest BCUT2D eigenvalue weighted by Gasteiger charge is 2.43. The van der Waals surface area contributed by atoms with E-state index in [0.29, 0.717) is 18.5 Å². The zero-order chi connectivity index (χ0) is 99.0. The average Bonchev–Trinajstić information content (AvgIpc) is 1.63. The second kappa shape index (κ2) is 60.3. The topological polar surface area (TPSA) is 807 Å². The van der Waals surface area contributed by atoms with Crippen LogP contribution in [-0.2, 0) is 83.1 Å². The lowest BCUT2D eigenvalue weighted by Gasteiger charge is -2.32. The third-order valence-electron chi connectivity index (χ3n) is 20.8. The van der Waals surface area contributed by atoms with Crippen LogP contribution in [0.1, 0.15) is 143 Å². The summed E-state index contributed by atoms with van der Waals surface area (Å²) in [5, 5.41) is 110. The second-order valence-corrected chi connectivity index (χ2v) is 34.2. The summed E-state index contributed by atoms with van der Waals surface area (Å²) in [5.41, 5.74) is 28.1. The molecule has 740 valence electrons. The molecule has 0 saturated carbocycles. The zero-order valence-corrected chi connectivity index (χ0v) is 78.6. The summed E-state index contributed by atoms with van der Waals surface area (Å²) in [4.78, 5) is 227. The number of aromatic hydroxyl groups is 1. The Bertz CT molecular complexity index is 4100. The first-order valence-electron chi connectivity index (χ1n) is 43.4. The normalized spacial score (nSPS) is 16.3. The van der Waals surface area contributed by atoms with Crippen molar-refractivity contribution in [1.82, 2.24) is 111 Å². The molecular formula is C79H137N31O18S4. The Morgan fingerprint density at radius 3 is 1.05 bits per heavy atom. The molecule has 53 heteroatoms. The highest BCUT2D eigenvalue weighted by molar-refractivity contribution is 7.80. The van der Waals surface area contributed by atoms with Crippen LogP contribution in [0.15, 0.2) is 24.3 Å². The Kier molecular flexibility index (Phi) is 52.3. The van der Waals surface area contributed by atoms with Crippen molar-refractivity contribution in [2.75, 3.05) is 75.4 Å². The van der Waals surface area contributed by atoms with E-state index < -0.39 is 233 Å². The van der Waals surface area contributed by atoms with Gasteiger partial charge in [0.15, 0.2) is 29.8 Å². The van der Waals surface area contributed by atoms with Crippen LogP contribution in [0.5, 0.6) is 5.75 Å². The van der Waals surface area contributed by atoms with E-state index in [1.54, 1.807) is 27.7 Å². The number of hydrogen-bond acceptors (Lipinski definition) is 27. The molecular weight excluding hydrogens is 1800 g/mol.